The SMILES string of the molecule is CCC(CC)NC(=O)COc1ccc([N+](=O)[O-])cc1Cl. The van der Waals surface area contributed by atoms with Crippen molar-refractivity contribution >= 4 is 23.2 Å². The zero-order chi connectivity index (χ0) is 15.1. The molecule has 0 aliphatic heterocycles. The lowest BCUT2D eigenvalue weighted by Gasteiger charge is -2.15. The van der Waals surface area contributed by atoms with Crippen molar-refractivity contribution < 1.29 is 14.5 Å². The highest BCUT2D eigenvalue weighted by atomic mass is 35.5. The van der Waals surface area contributed by atoms with Gasteiger partial charge in [-0.1, -0.05) is 25.4 Å². The second-order valence-corrected chi connectivity index (χ2v) is 4.65. The first kappa shape index (κ1) is 16.2. The van der Waals surface area contributed by atoms with Gasteiger partial charge in [-0.25, -0.2) is 0 Å². The van der Waals surface area contributed by atoms with Crippen LogP contribution in [0.15, 0.2) is 18.2 Å². The Morgan fingerprint density at radius 2 is 2.10 bits per heavy atom. The number of hydrogen-bond donors (Lipinski definition) is 1. The maximum absolute atomic E-state index is 11.6. The van der Waals surface area contributed by atoms with Gasteiger partial charge in [-0.3, -0.25) is 14.9 Å². The molecule has 20 heavy (non-hydrogen) atoms. The molecule has 1 aromatic rings. The van der Waals surface area contributed by atoms with Crippen molar-refractivity contribution in [2.24, 2.45) is 0 Å². The van der Waals surface area contributed by atoms with E-state index in [9.17, 15) is 14.9 Å². The Hall–Kier alpha value is -1.82. The number of amides is 1. The highest BCUT2D eigenvalue weighted by Gasteiger charge is 2.13. The van der Waals surface area contributed by atoms with E-state index in [0.29, 0.717) is 0 Å². The van der Waals surface area contributed by atoms with Crippen LogP contribution in [-0.2, 0) is 4.79 Å². The summed E-state index contributed by atoms with van der Waals surface area (Å²) in [5, 5.41) is 13.5. The van der Waals surface area contributed by atoms with E-state index in [0.717, 1.165) is 12.8 Å². The number of ether oxygens (including phenoxy) is 1. The number of non-ortho nitro benzene ring substituents is 1. The number of nitro groups is 1. The van der Waals surface area contributed by atoms with Crippen LogP contribution in [0, 0.1) is 10.1 Å². The Morgan fingerprint density at radius 1 is 1.45 bits per heavy atom. The lowest BCUT2D eigenvalue weighted by molar-refractivity contribution is -0.384. The van der Waals surface area contributed by atoms with E-state index in [1.54, 1.807) is 0 Å². The van der Waals surface area contributed by atoms with Gasteiger partial charge in [0.15, 0.2) is 6.61 Å². The summed E-state index contributed by atoms with van der Waals surface area (Å²) in [5.74, 6) is 0.00471. The van der Waals surface area contributed by atoms with Crippen LogP contribution in [0.2, 0.25) is 5.02 Å². The van der Waals surface area contributed by atoms with Gasteiger partial charge in [-0.2, -0.15) is 0 Å². The molecule has 0 aliphatic rings. The molecule has 0 radical (unpaired) electrons. The van der Waals surface area contributed by atoms with Crippen LogP contribution >= 0.6 is 11.6 Å². The largest absolute Gasteiger partial charge is 0.482 e. The minimum Gasteiger partial charge on any atom is -0.482 e. The maximum atomic E-state index is 11.6. The molecule has 1 rings (SSSR count). The fraction of sp³-hybridized carbons (Fsp3) is 0.462. The molecule has 0 aromatic heterocycles. The van der Waals surface area contributed by atoms with Crippen LogP contribution in [-0.4, -0.2) is 23.5 Å². The van der Waals surface area contributed by atoms with Gasteiger partial charge in [0.1, 0.15) is 5.75 Å². The van der Waals surface area contributed by atoms with Crippen LogP contribution in [0.5, 0.6) is 5.75 Å². The molecular formula is C13H17ClN2O4. The minimum atomic E-state index is -0.546. The molecule has 0 spiro atoms. The quantitative estimate of drug-likeness (QED) is 0.620. The van der Waals surface area contributed by atoms with Gasteiger partial charge in [0.25, 0.3) is 11.6 Å². The number of nitro benzene ring substituents is 1. The number of rotatable bonds is 7. The second kappa shape index (κ2) is 7.69. The van der Waals surface area contributed by atoms with Gasteiger partial charge in [0, 0.05) is 18.2 Å². The first-order valence-electron chi connectivity index (χ1n) is 6.34. The molecule has 6 nitrogen and oxygen atoms in total. The number of nitrogens with zero attached hydrogens (tertiary/aromatic N) is 1. The van der Waals surface area contributed by atoms with E-state index in [-0.39, 0.29) is 35.0 Å². The summed E-state index contributed by atoms with van der Waals surface area (Å²) < 4.78 is 5.26. The first-order chi connectivity index (χ1) is 9.47. The third-order valence-corrected chi connectivity index (χ3v) is 3.13. The van der Waals surface area contributed by atoms with Gasteiger partial charge in [-0.05, 0) is 18.9 Å². The minimum absolute atomic E-state index is 0.106. The summed E-state index contributed by atoms with van der Waals surface area (Å²) in [6.45, 7) is 3.80. The monoisotopic (exact) mass is 300 g/mol. The van der Waals surface area contributed by atoms with E-state index >= 15 is 0 Å². The molecule has 7 heteroatoms. The van der Waals surface area contributed by atoms with E-state index in [1.807, 2.05) is 13.8 Å². The van der Waals surface area contributed by atoms with Crippen molar-refractivity contribution in [3.8, 4) is 5.75 Å². The fourth-order valence-electron chi connectivity index (χ4n) is 1.63. The maximum Gasteiger partial charge on any atom is 0.271 e. The summed E-state index contributed by atoms with van der Waals surface area (Å²) in [6, 6.07) is 3.97. The summed E-state index contributed by atoms with van der Waals surface area (Å²) in [4.78, 5) is 21.7. The molecule has 1 aromatic carbocycles. The predicted octanol–water partition coefficient (Wildman–Crippen LogP) is 2.93. The summed E-state index contributed by atoms with van der Waals surface area (Å²) in [5.41, 5.74) is -0.121. The van der Waals surface area contributed by atoms with Crippen molar-refractivity contribution in [3.05, 3.63) is 33.3 Å². The Bertz CT molecular complexity index is 489. The Labute approximate surface area is 122 Å². The standard InChI is InChI=1S/C13H17ClN2O4/c1-3-9(4-2)15-13(17)8-20-12-6-5-10(16(18)19)7-11(12)14/h5-7,9H,3-4,8H2,1-2H3,(H,15,17). The van der Waals surface area contributed by atoms with Gasteiger partial charge in [0.05, 0.1) is 9.95 Å². The third-order valence-electron chi connectivity index (χ3n) is 2.84. The van der Waals surface area contributed by atoms with Crippen LogP contribution in [0.25, 0.3) is 0 Å². The number of carbonyl (C=O) groups excluding carboxylic acids is 1. The van der Waals surface area contributed by atoms with Gasteiger partial charge >= 0.3 is 0 Å². The molecule has 0 aliphatic carbocycles. The van der Waals surface area contributed by atoms with Gasteiger partial charge in [0.2, 0.25) is 0 Å². The summed E-state index contributed by atoms with van der Waals surface area (Å²) in [6.07, 6.45) is 1.70. The third kappa shape index (κ3) is 4.70. The van der Waals surface area contributed by atoms with Crippen molar-refractivity contribution in [1.29, 1.82) is 0 Å². The number of hydrogen-bond acceptors (Lipinski definition) is 4. The topological polar surface area (TPSA) is 81.5 Å². The zero-order valence-corrected chi connectivity index (χ0v) is 12.1. The van der Waals surface area contributed by atoms with E-state index < -0.39 is 4.92 Å². The molecule has 0 fully saturated rings. The Balaban J connectivity index is 2.57. The molecule has 0 bridgehead atoms. The average molecular weight is 301 g/mol. The fourth-order valence-corrected chi connectivity index (χ4v) is 1.86. The van der Waals surface area contributed by atoms with Crippen LogP contribution < -0.4 is 10.1 Å². The van der Waals surface area contributed by atoms with Gasteiger partial charge < -0.3 is 10.1 Å². The normalized spacial score (nSPS) is 10.4. The number of carbonyl (C=O) groups is 1. The predicted molar refractivity (Wildman–Crippen MR) is 76.1 cm³/mol. The summed E-state index contributed by atoms with van der Waals surface area (Å²) >= 11 is 5.86. The smallest absolute Gasteiger partial charge is 0.271 e. The van der Waals surface area contributed by atoms with Crippen molar-refractivity contribution in [1.82, 2.24) is 5.32 Å². The second-order valence-electron chi connectivity index (χ2n) is 4.24. The van der Waals surface area contributed by atoms with Crippen LogP contribution in [0.4, 0.5) is 5.69 Å². The molecule has 110 valence electrons. The van der Waals surface area contributed by atoms with E-state index in [4.69, 9.17) is 16.3 Å². The molecule has 0 atom stereocenters. The molecule has 0 saturated carbocycles. The first-order valence-corrected chi connectivity index (χ1v) is 6.71. The lowest BCUT2D eigenvalue weighted by Crippen LogP contribution is -2.37. The highest BCUT2D eigenvalue weighted by molar-refractivity contribution is 6.32. The molecule has 1 N–H and O–H groups in total. The zero-order valence-electron chi connectivity index (χ0n) is 11.4. The van der Waals surface area contributed by atoms with Crippen LogP contribution in [0.3, 0.4) is 0 Å². The average Bonchev–Trinajstić information content (AvgIpc) is 2.43. The number of halogens is 1. The molecule has 1 amide bonds. The number of benzene rings is 1. The van der Waals surface area contributed by atoms with E-state index in [1.165, 1.54) is 18.2 Å². The van der Waals surface area contributed by atoms with Crippen LogP contribution in [0.1, 0.15) is 26.7 Å². The van der Waals surface area contributed by atoms with Crippen molar-refractivity contribution in [2.45, 2.75) is 32.7 Å². The Morgan fingerprint density at radius 3 is 2.60 bits per heavy atom. The van der Waals surface area contributed by atoms with E-state index in [2.05, 4.69) is 5.32 Å². The van der Waals surface area contributed by atoms with Gasteiger partial charge in [-0.15, -0.1) is 0 Å². The van der Waals surface area contributed by atoms with Crippen molar-refractivity contribution in [3.63, 3.8) is 0 Å². The molecule has 0 heterocycles. The highest BCUT2D eigenvalue weighted by Crippen LogP contribution is 2.28. The lowest BCUT2D eigenvalue weighted by atomic mass is 10.2. The Kier molecular flexibility index (Phi) is 6.24. The molecule has 0 saturated heterocycles. The number of nitrogens with one attached hydrogen (secondary N) is 1. The van der Waals surface area contributed by atoms with Crippen molar-refractivity contribution in [2.75, 3.05) is 6.61 Å². The summed E-state index contributed by atoms with van der Waals surface area (Å²) in [7, 11) is 0. The molecule has 0 unspecified atom stereocenters. The molecular weight excluding hydrogens is 284 g/mol.